The van der Waals surface area contributed by atoms with Crippen LogP contribution in [-0.4, -0.2) is 68.1 Å². The average Bonchev–Trinajstić information content (AvgIpc) is 2.57. The minimum Gasteiger partial charge on any atom is -0.311 e. The van der Waals surface area contributed by atoms with Gasteiger partial charge in [0, 0.05) is 0 Å². The van der Waals surface area contributed by atoms with Gasteiger partial charge < -0.3 is 29.0 Å². The molecule has 0 heterocycles. The van der Waals surface area contributed by atoms with Crippen LogP contribution in [-0.2, 0) is 29.0 Å². The van der Waals surface area contributed by atoms with Gasteiger partial charge in [0.2, 0.25) is 0 Å². The van der Waals surface area contributed by atoms with E-state index in [1.165, 1.54) is 0 Å². The van der Waals surface area contributed by atoms with Crippen LogP contribution in [0.1, 0.15) is 0 Å². The van der Waals surface area contributed by atoms with Crippen LogP contribution in [0.5, 0.6) is 0 Å². The van der Waals surface area contributed by atoms with E-state index in [2.05, 4.69) is 29.0 Å². The number of hydrogen-bond acceptors (Lipinski definition) is 18. The molecule has 4 atom stereocenters. The Morgan fingerprint density at radius 1 is 0.467 bits per heavy atom. The highest BCUT2D eigenvalue weighted by Crippen LogP contribution is 2.20. The maximum atomic E-state index is 10.7. The zero-order valence-electron chi connectivity index (χ0n) is 13.8. The van der Waals surface area contributed by atoms with E-state index in [1.807, 2.05) is 0 Å². The van der Waals surface area contributed by atoms with E-state index in [0.717, 1.165) is 0 Å². The molecule has 0 radical (unpaired) electrons. The molecule has 0 saturated heterocycles. The lowest BCUT2D eigenvalue weighted by Crippen LogP contribution is -2.54. The standard InChI is InChI=1S/C6H8N6O18/c13-7(14)25-1-3(27-9(17)18)5(29-11(21)22)6(30-12(23)24)4(28-10(19)20)2-26-8(15)16/h3-6H,1-2H2. The van der Waals surface area contributed by atoms with Crippen molar-refractivity contribution in [1.82, 2.24) is 0 Å². The number of nitrogens with zero attached hydrogens (tertiary/aromatic N) is 6. The van der Waals surface area contributed by atoms with Crippen LogP contribution in [0.4, 0.5) is 0 Å². The van der Waals surface area contributed by atoms with E-state index < -0.39 is 68.1 Å². The molecule has 0 spiro atoms. The minimum absolute atomic E-state index is 1.55. The van der Waals surface area contributed by atoms with Gasteiger partial charge in [-0.05, 0) is 0 Å². The van der Waals surface area contributed by atoms with E-state index in [1.54, 1.807) is 0 Å². The molecule has 0 aliphatic carbocycles. The molecule has 0 aliphatic rings. The summed E-state index contributed by atoms with van der Waals surface area (Å²) in [4.78, 5) is 86.0. The summed E-state index contributed by atoms with van der Waals surface area (Å²) < 4.78 is 0. The molecule has 0 aromatic carbocycles. The van der Waals surface area contributed by atoms with Gasteiger partial charge in [-0.25, -0.2) is 0 Å². The molecule has 0 fully saturated rings. The van der Waals surface area contributed by atoms with Gasteiger partial charge in [-0.15, -0.1) is 60.7 Å². The molecule has 0 bridgehead atoms. The van der Waals surface area contributed by atoms with Crippen molar-refractivity contribution in [2.24, 2.45) is 0 Å². The molecule has 0 rings (SSSR count). The summed E-state index contributed by atoms with van der Waals surface area (Å²) in [5.74, 6) is 0. The minimum atomic E-state index is -2.78. The fraction of sp³-hybridized carbons (Fsp3) is 1.00. The normalized spacial score (nSPS) is 14.0. The lowest BCUT2D eigenvalue weighted by atomic mass is 10.0. The summed E-state index contributed by atoms with van der Waals surface area (Å²) in [6.45, 7) is -3.10. The second-order valence-corrected chi connectivity index (χ2v) is 4.36. The second-order valence-electron chi connectivity index (χ2n) is 4.36. The van der Waals surface area contributed by atoms with Crippen LogP contribution in [0.15, 0.2) is 0 Å². The van der Waals surface area contributed by atoms with Gasteiger partial charge >= 0.3 is 0 Å². The first-order chi connectivity index (χ1) is 13.8. The predicted octanol–water partition coefficient (Wildman–Crippen LogP) is -2.29. The van der Waals surface area contributed by atoms with Crippen LogP contribution in [0.3, 0.4) is 0 Å². The number of hydrogen-bond donors (Lipinski definition) is 0. The summed E-state index contributed by atoms with van der Waals surface area (Å²) in [7, 11) is 0. The van der Waals surface area contributed by atoms with Crippen molar-refractivity contribution in [2.45, 2.75) is 24.4 Å². The van der Waals surface area contributed by atoms with Gasteiger partial charge in [-0.1, -0.05) is 0 Å². The monoisotopic (exact) mass is 452 g/mol. The van der Waals surface area contributed by atoms with Gasteiger partial charge in [0.05, 0.1) is 0 Å². The Bertz CT molecular complexity index is 612. The zero-order chi connectivity index (χ0) is 23.4. The van der Waals surface area contributed by atoms with Crippen molar-refractivity contribution in [2.75, 3.05) is 13.2 Å². The summed E-state index contributed by atoms with van der Waals surface area (Å²) in [5, 5.41) is 53.1. The second kappa shape index (κ2) is 11.8. The van der Waals surface area contributed by atoms with Gasteiger partial charge in [-0.2, -0.15) is 0 Å². The topological polar surface area (TPSA) is 314 Å². The first kappa shape index (κ1) is 25.2. The first-order valence-electron chi connectivity index (χ1n) is 6.62. The molecule has 0 amide bonds. The van der Waals surface area contributed by atoms with Crippen LogP contribution in [0.25, 0.3) is 0 Å². The van der Waals surface area contributed by atoms with Crippen molar-refractivity contribution in [3.05, 3.63) is 60.7 Å². The predicted molar refractivity (Wildman–Crippen MR) is 73.4 cm³/mol. The quantitative estimate of drug-likeness (QED) is 0.165. The van der Waals surface area contributed by atoms with E-state index in [9.17, 15) is 60.7 Å². The average molecular weight is 452 g/mol. The zero-order valence-corrected chi connectivity index (χ0v) is 13.8. The van der Waals surface area contributed by atoms with Crippen LogP contribution < -0.4 is 0 Å². The van der Waals surface area contributed by atoms with Gasteiger partial charge in [0.25, 0.3) is 30.5 Å². The third-order valence-corrected chi connectivity index (χ3v) is 2.60. The van der Waals surface area contributed by atoms with Crippen molar-refractivity contribution in [3.63, 3.8) is 0 Å². The molecular weight excluding hydrogens is 444 g/mol. The third kappa shape index (κ3) is 10.4. The molecule has 0 aromatic heterocycles. The highest BCUT2D eigenvalue weighted by atomic mass is 17.0. The van der Waals surface area contributed by atoms with Crippen molar-refractivity contribution >= 4 is 0 Å². The fourth-order valence-electron chi connectivity index (χ4n) is 1.74. The van der Waals surface area contributed by atoms with Gasteiger partial charge in [-0.3, -0.25) is 0 Å². The summed E-state index contributed by atoms with van der Waals surface area (Å²) in [5.41, 5.74) is 0. The summed E-state index contributed by atoms with van der Waals surface area (Å²) >= 11 is 0. The molecule has 0 N–H and O–H groups in total. The maximum Gasteiger partial charge on any atom is 0.294 e. The largest absolute Gasteiger partial charge is 0.311 e. The maximum absolute atomic E-state index is 10.7. The molecule has 0 aliphatic heterocycles. The van der Waals surface area contributed by atoms with E-state index in [0.29, 0.717) is 0 Å². The fourth-order valence-corrected chi connectivity index (χ4v) is 1.74. The molecule has 4 unspecified atom stereocenters. The molecule has 24 nitrogen and oxygen atoms in total. The Balaban J connectivity index is 6.19. The van der Waals surface area contributed by atoms with Gasteiger partial charge in [0.15, 0.2) is 24.4 Å². The molecule has 0 saturated carbocycles. The van der Waals surface area contributed by atoms with Gasteiger partial charge in [0.1, 0.15) is 13.2 Å². The Morgan fingerprint density at radius 2 is 0.733 bits per heavy atom. The molecular formula is C6H8N6O18. The smallest absolute Gasteiger partial charge is 0.294 e. The van der Waals surface area contributed by atoms with Crippen LogP contribution in [0, 0.1) is 60.7 Å². The van der Waals surface area contributed by atoms with Crippen molar-refractivity contribution < 1.29 is 59.5 Å². The summed E-state index contributed by atoms with van der Waals surface area (Å²) in [6, 6.07) is 0. The van der Waals surface area contributed by atoms with Crippen LogP contribution >= 0.6 is 0 Å². The highest BCUT2D eigenvalue weighted by Gasteiger charge is 2.45. The summed E-state index contributed by atoms with van der Waals surface area (Å²) in [6.07, 6.45) is -10.7. The van der Waals surface area contributed by atoms with E-state index in [-0.39, 0.29) is 0 Å². The van der Waals surface area contributed by atoms with E-state index in [4.69, 9.17) is 0 Å². The number of rotatable bonds is 17. The lowest BCUT2D eigenvalue weighted by molar-refractivity contribution is -0.834. The molecule has 24 heteroatoms. The lowest BCUT2D eigenvalue weighted by Gasteiger charge is -2.31. The SMILES string of the molecule is O=[N+]([O-])OCC(O[N+](=O)[O-])C(O[N+](=O)[O-])C(O[N+](=O)[O-])C(CO[N+](=O)[O-])O[N+](=O)[O-]. The Kier molecular flexibility index (Phi) is 9.93. The Labute approximate surface area is 159 Å². The van der Waals surface area contributed by atoms with Crippen molar-refractivity contribution in [1.29, 1.82) is 0 Å². The Morgan fingerprint density at radius 3 is 0.933 bits per heavy atom. The Hall–Kier alpha value is -4.80. The van der Waals surface area contributed by atoms with Crippen molar-refractivity contribution in [3.8, 4) is 0 Å². The third-order valence-electron chi connectivity index (χ3n) is 2.60. The molecule has 0 aromatic rings. The molecule has 30 heavy (non-hydrogen) atoms. The highest BCUT2D eigenvalue weighted by molar-refractivity contribution is 4.83. The van der Waals surface area contributed by atoms with E-state index >= 15 is 0 Å². The first-order valence-corrected chi connectivity index (χ1v) is 6.62. The van der Waals surface area contributed by atoms with Crippen LogP contribution in [0.2, 0.25) is 0 Å². The molecule has 170 valence electrons.